The van der Waals surface area contributed by atoms with Crippen molar-refractivity contribution in [1.29, 1.82) is 0 Å². The van der Waals surface area contributed by atoms with Crippen molar-refractivity contribution in [2.24, 2.45) is 0 Å². The number of nitrogens with zero attached hydrogens (tertiary/aromatic N) is 5. The summed E-state index contributed by atoms with van der Waals surface area (Å²) in [5.74, 6) is -0.411. The molecule has 2 heterocycles. The lowest BCUT2D eigenvalue weighted by Crippen LogP contribution is -2.59. The standard InChI is InChI=1S/C20H21N7O2/c1-13-10-14(8-9-16(13)26-12-22-24-25-26)21-11-18(28)27-17-7-5-4-6-15(17)23-19(29)20(27,2)3/h4-10,12,21H,11H2,1-3H3,(H,23,29). The Balaban J connectivity index is 1.54. The molecule has 4 rings (SSSR count). The molecular weight excluding hydrogens is 370 g/mol. The number of benzene rings is 2. The molecule has 0 aliphatic carbocycles. The first kappa shape index (κ1) is 18.6. The van der Waals surface area contributed by atoms with Crippen molar-refractivity contribution in [1.82, 2.24) is 20.2 Å². The largest absolute Gasteiger partial charge is 0.376 e. The Morgan fingerprint density at radius 2 is 1.97 bits per heavy atom. The molecule has 2 aromatic carbocycles. The summed E-state index contributed by atoms with van der Waals surface area (Å²) in [6.45, 7) is 5.47. The number of amides is 2. The van der Waals surface area contributed by atoms with Crippen molar-refractivity contribution in [2.45, 2.75) is 26.3 Å². The summed E-state index contributed by atoms with van der Waals surface area (Å²) in [5.41, 5.74) is 2.93. The number of nitrogens with one attached hydrogen (secondary N) is 2. The van der Waals surface area contributed by atoms with Crippen LogP contribution in [0.25, 0.3) is 5.69 Å². The number of hydrogen-bond donors (Lipinski definition) is 2. The van der Waals surface area contributed by atoms with Crippen LogP contribution in [-0.2, 0) is 9.59 Å². The fraction of sp³-hybridized carbons (Fsp3) is 0.250. The van der Waals surface area contributed by atoms with E-state index in [9.17, 15) is 9.59 Å². The van der Waals surface area contributed by atoms with Gasteiger partial charge in [0.15, 0.2) is 0 Å². The highest BCUT2D eigenvalue weighted by atomic mass is 16.2. The molecule has 0 fully saturated rings. The van der Waals surface area contributed by atoms with Gasteiger partial charge >= 0.3 is 0 Å². The predicted molar refractivity (Wildman–Crippen MR) is 109 cm³/mol. The predicted octanol–water partition coefficient (Wildman–Crippen LogP) is 2.15. The number of fused-ring (bicyclic) bond motifs is 1. The van der Waals surface area contributed by atoms with E-state index in [4.69, 9.17) is 0 Å². The first-order chi connectivity index (χ1) is 13.9. The van der Waals surface area contributed by atoms with Crippen molar-refractivity contribution >= 4 is 28.9 Å². The van der Waals surface area contributed by atoms with Crippen LogP contribution in [0.4, 0.5) is 17.1 Å². The van der Waals surface area contributed by atoms with Gasteiger partial charge in [0.1, 0.15) is 11.9 Å². The molecule has 2 N–H and O–H groups in total. The van der Waals surface area contributed by atoms with E-state index in [1.807, 2.05) is 43.3 Å². The number of aryl methyl sites for hydroxylation is 1. The van der Waals surface area contributed by atoms with E-state index in [-0.39, 0.29) is 18.4 Å². The third-order valence-electron chi connectivity index (χ3n) is 4.99. The van der Waals surface area contributed by atoms with Gasteiger partial charge in [-0.05, 0) is 67.1 Å². The van der Waals surface area contributed by atoms with Crippen LogP contribution in [-0.4, -0.2) is 44.1 Å². The van der Waals surface area contributed by atoms with Crippen molar-refractivity contribution in [2.75, 3.05) is 22.1 Å². The lowest BCUT2D eigenvalue weighted by Gasteiger charge is -2.42. The maximum Gasteiger partial charge on any atom is 0.250 e. The molecular formula is C20H21N7O2. The molecule has 0 saturated heterocycles. The Kier molecular flexibility index (Phi) is 4.50. The minimum atomic E-state index is -0.993. The summed E-state index contributed by atoms with van der Waals surface area (Å²) >= 11 is 0. The molecule has 0 saturated carbocycles. The average Bonchev–Trinajstić information content (AvgIpc) is 3.21. The molecule has 0 unspecified atom stereocenters. The second kappa shape index (κ2) is 7.01. The van der Waals surface area contributed by atoms with Gasteiger partial charge < -0.3 is 10.6 Å². The van der Waals surface area contributed by atoms with Gasteiger partial charge in [0.2, 0.25) is 11.8 Å². The lowest BCUT2D eigenvalue weighted by atomic mass is 9.96. The molecule has 148 valence electrons. The SMILES string of the molecule is Cc1cc(NCC(=O)N2c3ccccc3NC(=O)C2(C)C)ccc1-n1cnnn1. The minimum Gasteiger partial charge on any atom is -0.376 e. The normalized spacial score (nSPS) is 14.9. The molecule has 9 heteroatoms. The van der Waals surface area contributed by atoms with E-state index < -0.39 is 5.54 Å². The number of carbonyl (C=O) groups excluding carboxylic acids is 2. The smallest absolute Gasteiger partial charge is 0.250 e. The van der Waals surface area contributed by atoms with E-state index in [2.05, 4.69) is 26.2 Å². The van der Waals surface area contributed by atoms with Gasteiger partial charge in [0, 0.05) is 5.69 Å². The summed E-state index contributed by atoms with van der Waals surface area (Å²) in [6, 6.07) is 13.0. The Morgan fingerprint density at radius 3 is 2.69 bits per heavy atom. The summed E-state index contributed by atoms with van der Waals surface area (Å²) in [5, 5.41) is 17.2. The molecule has 29 heavy (non-hydrogen) atoms. The van der Waals surface area contributed by atoms with Crippen LogP contribution in [0.5, 0.6) is 0 Å². The Bertz CT molecular complexity index is 1080. The number of hydrogen-bond acceptors (Lipinski definition) is 6. The highest BCUT2D eigenvalue weighted by Crippen LogP contribution is 2.36. The van der Waals surface area contributed by atoms with Crippen molar-refractivity contribution < 1.29 is 9.59 Å². The van der Waals surface area contributed by atoms with Gasteiger partial charge in [-0.3, -0.25) is 14.5 Å². The Morgan fingerprint density at radius 1 is 1.17 bits per heavy atom. The van der Waals surface area contributed by atoms with Crippen LogP contribution in [0.3, 0.4) is 0 Å². The monoisotopic (exact) mass is 391 g/mol. The molecule has 3 aromatic rings. The average molecular weight is 391 g/mol. The topological polar surface area (TPSA) is 105 Å². The van der Waals surface area contributed by atoms with Gasteiger partial charge in [0.05, 0.1) is 23.6 Å². The number of rotatable bonds is 4. The molecule has 0 bridgehead atoms. The van der Waals surface area contributed by atoms with Gasteiger partial charge in [-0.1, -0.05) is 12.1 Å². The van der Waals surface area contributed by atoms with Crippen LogP contribution < -0.4 is 15.5 Å². The minimum absolute atomic E-state index is 0.0503. The fourth-order valence-electron chi connectivity index (χ4n) is 3.45. The van der Waals surface area contributed by atoms with Crippen LogP contribution in [0, 0.1) is 6.92 Å². The van der Waals surface area contributed by atoms with Gasteiger partial charge in [-0.2, -0.15) is 0 Å². The summed E-state index contributed by atoms with van der Waals surface area (Å²) in [7, 11) is 0. The zero-order valence-electron chi connectivity index (χ0n) is 16.4. The Labute approximate surface area is 167 Å². The van der Waals surface area contributed by atoms with Gasteiger partial charge in [-0.25, -0.2) is 4.68 Å². The number of para-hydroxylation sites is 2. The quantitative estimate of drug-likeness (QED) is 0.706. The third kappa shape index (κ3) is 3.31. The van der Waals surface area contributed by atoms with Crippen LogP contribution in [0.1, 0.15) is 19.4 Å². The second-order valence-electron chi connectivity index (χ2n) is 7.37. The lowest BCUT2D eigenvalue weighted by molar-refractivity contribution is -0.125. The molecule has 0 spiro atoms. The molecule has 9 nitrogen and oxygen atoms in total. The summed E-state index contributed by atoms with van der Waals surface area (Å²) in [6.07, 6.45) is 1.53. The second-order valence-corrected chi connectivity index (χ2v) is 7.37. The zero-order chi connectivity index (χ0) is 20.6. The van der Waals surface area contributed by atoms with E-state index in [1.165, 1.54) is 6.33 Å². The third-order valence-corrected chi connectivity index (χ3v) is 4.99. The first-order valence-corrected chi connectivity index (χ1v) is 9.19. The zero-order valence-corrected chi connectivity index (χ0v) is 16.4. The number of aromatic nitrogens is 4. The maximum absolute atomic E-state index is 13.1. The van der Waals surface area contributed by atoms with E-state index in [0.717, 1.165) is 16.9 Å². The van der Waals surface area contributed by atoms with E-state index in [0.29, 0.717) is 11.4 Å². The summed E-state index contributed by atoms with van der Waals surface area (Å²) in [4.78, 5) is 27.2. The highest BCUT2D eigenvalue weighted by molar-refractivity contribution is 6.14. The van der Waals surface area contributed by atoms with Crippen molar-refractivity contribution in [3.63, 3.8) is 0 Å². The number of anilines is 3. The molecule has 1 aliphatic heterocycles. The Hall–Kier alpha value is -3.75. The number of carbonyl (C=O) groups is 2. The molecule has 1 aliphatic rings. The van der Waals surface area contributed by atoms with Gasteiger partial charge in [0.25, 0.3) is 0 Å². The van der Waals surface area contributed by atoms with Crippen LogP contribution in [0.2, 0.25) is 0 Å². The van der Waals surface area contributed by atoms with Crippen LogP contribution >= 0.6 is 0 Å². The van der Waals surface area contributed by atoms with Crippen LogP contribution in [0.15, 0.2) is 48.8 Å². The van der Waals surface area contributed by atoms with Gasteiger partial charge in [-0.15, -0.1) is 5.10 Å². The van der Waals surface area contributed by atoms with E-state index >= 15 is 0 Å². The maximum atomic E-state index is 13.1. The van der Waals surface area contributed by atoms with Crippen molar-refractivity contribution in [3.8, 4) is 5.69 Å². The molecule has 2 amide bonds. The first-order valence-electron chi connectivity index (χ1n) is 9.19. The fourth-order valence-corrected chi connectivity index (χ4v) is 3.45. The highest BCUT2D eigenvalue weighted by Gasteiger charge is 2.43. The molecule has 0 atom stereocenters. The summed E-state index contributed by atoms with van der Waals surface area (Å²) < 4.78 is 1.58. The molecule has 1 aromatic heterocycles. The van der Waals surface area contributed by atoms with Crippen molar-refractivity contribution in [3.05, 3.63) is 54.4 Å². The number of tetrazole rings is 1. The van der Waals surface area contributed by atoms with E-state index in [1.54, 1.807) is 29.5 Å². The molecule has 0 radical (unpaired) electrons.